The molecule has 7 heterocycles. The number of allylic oxidation sites excluding steroid dienone is 1. The average Bonchev–Trinajstić information content (AvgIpc) is 3.49. The minimum Gasteiger partial charge on any atom is -0.469 e. The maximum absolute atomic E-state index is 15.5. The maximum Gasteiger partial charge on any atom is 0.339 e. The summed E-state index contributed by atoms with van der Waals surface area (Å²) in [6, 6.07) is 2.36. The van der Waals surface area contributed by atoms with Crippen molar-refractivity contribution in [1.29, 1.82) is 0 Å². The molecule has 1 aromatic heterocycles. The molecular formula is C49H62N2O11. The highest BCUT2D eigenvalue weighted by Gasteiger charge is 2.95. The van der Waals surface area contributed by atoms with E-state index in [1.54, 1.807) is 6.26 Å². The maximum atomic E-state index is 15.5. The Morgan fingerprint density at radius 3 is 2.74 bits per heavy atom. The Balaban J connectivity index is 0.997. The first kappa shape index (κ1) is 40.3. The zero-order valence-electron chi connectivity index (χ0n) is 36.2. The van der Waals surface area contributed by atoms with Gasteiger partial charge in [-0.3, -0.25) is 14.9 Å². The molecule has 5 aliphatic carbocycles. The molecule has 0 aromatic carbocycles. The molecule has 13 heteroatoms. The number of carbonyl (C=O) groups excluding carboxylic acids is 3. The summed E-state index contributed by atoms with van der Waals surface area (Å²) in [5.41, 5.74) is -6.28. The van der Waals surface area contributed by atoms with Crippen molar-refractivity contribution in [1.82, 2.24) is 10.2 Å². The van der Waals surface area contributed by atoms with Gasteiger partial charge in [0.25, 0.3) is 0 Å². The molecule has 12 rings (SSSR count). The lowest BCUT2D eigenvalue weighted by Gasteiger charge is -2.71. The highest BCUT2D eigenvalue weighted by molar-refractivity contribution is 5.92. The molecule has 18 atom stereocenters. The summed E-state index contributed by atoms with van der Waals surface area (Å²) >= 11 is 0. The summed E-state index contributed by atoms with van der Waals surface area (Å²) in [6.07, 6.45) is 9.79. The zero-order valence-corrected chi connectivity index (χ0v) is 36.2. The van der Waals surface area contributed by atoms with Gasteiger partial charge in [0.05, 0.1) is 56.1 Å². The number of aliphatic hydroxyl groups excluding tert-OH is 3. The Morgan fingerprint density at radius 2 is 1.90 bits per heavy atom. The Labute approximate surface area is 363 Å². The largest absolute Gasteiger partial charge is 0.469 e. The summed E-state index contributed by atoms with van der Waals surface area (Å²) in [4.78, 5) is 45.9. The van der Waals surface area contributed by atoms with Gasteiger partial charge in [-0.25, -0.2) is 4.79 Å². The topological polar surface area (TPSA) is 181 Å². The van der Waals surface area contributed by atoms with Gasteiger partial charge in [0.2, 0.25) is 0 Å². The van der Waals surface area contributed by atoms with Crippen molar-refractivity contribution >= 4 is 17.7 Å². The molecule has 13 nitrogen and oxygen atoms in total. The molecule has 11 aliphatic rings. The number of hydrogen-bond donors (Lipinski definition) is 4. The lowest BCUT2D eigenvalue weighted by molar-refractivity contribution is -0.294. The third-order valence-corrected chi connectivity index (χ3v) is 19.7. The first-order valence-electron chi connectivity index (χ1n) is 23.7. The van der Waals surface area contributed by atoms with Crippen molar-refractivity contribution in [2.45, 2.75) is 145 Å². The van der Waals surface area contributed by atoms with Gasteiger partial charge in [-0.1, -0.05) is 37.7 Å². The van der Waals surface area contributed by atoms with Crippen molar-refractivity contribution in [3.63, 3.8) is 0 Å². The van der Waals surface area contributed by atoms with Crippen LogP contribution < -0.4 is 5.32 Å². The molecule has 9 fully saturated rings. The fourth-order valence-electron chi connectivity index (χ4n) is 17.5. The third-order valence-electron chi connectivity index (χ3n) is 19.7. The first-order chi connectivity index (χ1) is 29.8. The molecule has 62 heavy (non-hydrogen) atoms. The Morgan fingerprint density at radius 1 is 1.06 bits per heavy atom. The van der Waals surface area contributed by atoms with E-state index in [-0.39, 0.29) is 61.5 Å². The summed E-state index contributed by atoms with van der Waals surface area (Å²) < 4.78 is 33.3. The molecule has 334 valence electrons. The van der Waals surface area contributed by atoms with Crippen molar-refractivity contribution in [2.24, 2.45) is 63.6 Å². The molecule has 5 saturated heterocycles. The number of ketones is 1. The number of aliphatic hydroxyl groups is 3. The van der Waals surface area contributed by atoms with E-state index < -0.39 is 75.3 Å². The number of nitrogens with one attached hydrogen (secondary N) is 1. The lowest BCUT2D eigenvalue weighted by Crippen LogP contribution is -2.81. The van der Waals surface area contributed by atoms with E-state index in [9.17, 15) is 24.9 Å². The molecule has 0 unspecified atom stereocenters. The quantitative estimate of drug-likeness (QED) is 0.185. The van der Waals surface area contributed by atoms with E-state index in [1.807, 2.05) is 19.9 Å². The Kier molecular flexibility index (Phi) is 8.71. The van der Waals surface area contributed by atoms with Crippen LogP contribution in [-0.2, 0) is 45.4 Å². The predicted octanol–water partition coefficient (Wildman–Crippen LogP) is 3.76. The number of esters is 2. The summed E-state index contributed by atoms with van der Waals surface area (Å²) in [5, 5.41) is 39.1. The van der Waals surface area contributed by atoms with Crippen LogP contribution in [0.5, 0.6) is 0 Å². The van der Waals surface area contributed by atoms with E-state index >= 15 is 4.79 Å². The summed E-state index contributed by atoms with van der Waals surface area (Å²) in [7, 11) is 0. The van der Waals surface area contributed by atoms with E-state index in [4.69, 9.17) is 23.4 Å². The fourth-order valence-corrected chi connectivity index (χ4v) is 17.5. The van der Waals surface area contributed by atoms with Crippen LogP contribution in [0.4, 0.5) is 0 Å². The van der Waals surface area contributed by atoms with Crippen LogP contribution in [0.3, 0.4) is 0 Å². The molecule has 4 saturated carbocycles. The second kappa shape index (κ2) is 13.4. The number of Topliss-reactive ketones (excluding diaryl/α,β-unsaturated/α-hetero) is 1. The number of hydrogen-bond acceptors (Lipinski definition) is 13. The van der Waals surface area contributed by atoms with Gasteiger partial charge in [-0.05, 0) is 107 Å². The van der Waals surface area contributed by atoms with Crippen molar-refractivity contribution in [3.8, 4) is 11.8 Å². The van der Waals surface area contributed by atoms with Gasteiger partial charge >= 0.3 is 11.9 Å². The Bertz CT molecular complexity index is 2180. The number of furan rings is 1. The van der Waals surface area contributed by atoms with Gasteiger partial charge in [0.15, 0.2) is 17.5 Å². The number of rotatable bonds is 6. The SMILES string of the molecule is CC1(C)O[C@H]2CC(=O)OC[C@@]23[C@@H]1C(=O)[C@@H](O)[C@]12[C@@H]3CC[C@]3(C)[C@@]14O[C@@H]4C(=O)O[C@]3(c1ccoc1C[C@@H]([C@@H]1CC[C@H]3[C@H](C=CN4CNC[C@H]34)C1)[C@H](O)CO)CC#C[C@@H]1CCCC[C@@H]12. The van der Waals surface area contributed by atoms with Crippen LogP contribution in [0.25, 0.3) is 0 Å². The number of carbonyl (C=O) groups is 3. The number of ether oxygens (including phenoxy) is 4. The fraction of sp³-hybridized carbons (Fsp3) is 0.776. The zero-order chi connectivity index (χ0) is 42.8. The predicted molar refractivity (Wildman–Crippen MR) is 219 cm³/mol. The van der Waals surface area contributed by atoms with Crippen LogP contribution in [-0.4, -0.2) is 106 Å². The molecular weight excluding hydrogens is 793 g/mol. The third kappa shape index (κ3) is 4.75. The van der Waals surface area contributed by atoms with Gasteiger partial charge < -0.3 is 43.6 Å². The van der Waals surface area contributed by atoms with Gasteiger partial charge in [0, 0.05) is 46.7 Å². The highest BCUT2D eigenvalue weighted by Crippen LogP contribution is 2.84. The first-order valence-corrected chi connectivity index (χ1v) is 23.7. The smallest absolute Gasteiger partial charge is 0.339 e. The van der Waals surface area contributed by atoms with Gasteiger partial charge in [-0.15, -0.1) is 0 Å². The second-order valence-electron chi connectivity index (χ2n) is 22.1. The normalized spacial score (nSPS) is 49.9. The highest BCUT2D eigenvalue weighted by atomic mass is 16.7. The number of fused-ring (bicyclic) bond motifs is 4. The molecule has 0 radical (unpaired) electrons. The van der Waals surface area contributed by atoms with E-state index in [0.717, 1.165) is 51.7 Å². The van der Waals surface area contributed by atoms with Crippen LogP contribution in [0.1, 0.15) is 103 Å². The minimum atomic E-state index is -1.50. The summed E-state index contributed by atoms with van der Waals surface area (Å²) in [5.74, 6) is 5.68. The van der Waals surface area contributed by atoms with Gasteiger partial charge in [-0.2, -0.15) is 0 Å². The van der Waals surface area contributed by atoms with E-state index in [2.05, 4.69) is 41.3 Å². The van der Waals surface area contributed by atoms with E-state index in [1.165, 1.54) is 0 Å². The summed E-state index contributed by atoms with van der Waals surface area (Å²) in [6.45, 7) is 7.37. The standard InChI is InChI=1S/C49H62N2O11/c1-44(2)40-39(55)41(56)48-31-9-5-4-7-26(31)8-6-15-47(45(3,49(48)42(61-49)43(57)62-47)16-12-36(48)46(40)24-59-38(54)21-37(46)60-44)32-14-18-58-35(32)20-30(34(53)23-52)27-10-11-29-28(19-27)13-17-51-25-50-22-33(29)51/h13-14,17-18,26-31,33-34,36-37,40-42,50,52-53,56H,4-5,7,9-12,15-16,19-25H2,1-3H3/t26-,27+,28+,29-,30-,31-,33+,34+,36+,37-,40+,41+,42+,45-,46-,47-,48-,49+/m0/s1. The van der Waals surface area contributed by atoms with Crippen molar-refractivity contribution in [3.05, 3.63) is 35.9 Å². The lowest BCUT2D eigenvalue weighted by atomic mass is 9.31. The molecule has 1 aromatic rings. The van der Waals surface area contributed by atoms with Crippen molar-refractivity contribution in [2.75, 3.05) is 26.4 Å². The number of epoxide rings is 1. The van der Waals surface area contributed by atoms with Crippen LogP contribution >= 0.6 is 0 Å². The molecule has 6 aliphatic heterocycles. The number of cyclic esters (lactones) is 1. The monoisotopic (exact) mass is 854 g/mol. The average molecular weight is 855 g/mol. The Hall–Kier alpha value is -3.25. The second-order valence-corrected chi connectivity index (χ2v) is 22.1. The number of nitrogens with zero attached hydrogens (tertiary/aromatic N) is 1. The molecule has 4 bridgehead atoms. The molecule has 3 spiro atoms. The van der Waals surface area contributed by atoms with Crippen LogP contribution in [0.2, 0.25) is 0 Å². The molecule has 0 amide bonds. The van der Waals surface area contributed by atoms with Gasteiger partial charge in [0.1, 0.15) is 24.1 Å². The molecule has 4 N–H and O–H groups in total. The van der Waals surface area contributed by atoms with E-state index in [0.29, 0.717) is 54.9 Å². The van der Waals surface area contributed by atoms with Crippen molar-refractivity contribution < 1.29 is 53.1 Å². The minimum absolute atomic E-state index is 0.000399. The van der Waals surface area contributed by atoms with Crippen LogP contribution in [0.15, 0.2) is 29.0 Å². The van der Waals surface area contributed by atoms with Crippen LogP contribution in [0, 0.1) is 75.4 Å².